The Balaban J connectivity index is 2.33. The van der Waals surface area contributed by atoms with Crippen LogP contribution in [0.1, 0.15) is 49.4 Å². The van der Waals surface area contributed by atoms with Gasteiger partial charge in [-0.15, -0.1) is 5.10 Å². The molecule has 0 aliphatic carbocycles. The van der Waals surface area contributed by atoms with Crippen molar-refractivity contribution in [3.05, 3.63) is 40.4 Å². The molecule has 0 aliphatic rings. The van der Waals surface area contributed by atoms with Gasteiger partial charge in [0.25, 0.3) is 0 Å². The molecule has 114 valence electrons. The molecule has 4 nitrogen and oxygen atoms in total. The van der Waals surface area contributed by atoms with Gasteiger partial charge in [0.2, 0.25) is 0 Å². The highest BCUT2D eigenvalue weighted by Gasteiger charge is 2.20. The third-order valence-electron chi connectivity index (χ3n) is 3.24. The van der Waals surface area contributed by atoms with Gasteiger partial charge in [0, 0.05) is 0 Å². The highest BCUT2D eigenvalue weighted by molar-refractivity contribution is 7.05. The van der Waals surface area contributed by atoms with Gasteiger partial charge in [-0.25, -0.2) is 0 Å². The summed E-state index contributed by atoms with van der Waals surface area (Å²) in [5, 5.41) is 7.83. The summed E-state index contributed by atoms with van der Waals surface area (Å²) >= 11 is 1.49. The van der Waals surface area contributed by atoms with Gasteiger partial charge in [-0.3, -0.25) is 0 Å². The third-order valence-corrected chi connectivity index (χ3v) is 4.08. The average Bonchev–Trinajstić information content (AvgIpc) is 2.94. The van der Waals surface area contributed by atoms with E-state index in [1.54, 1.807) is 0 Å². The molecule has 0 bridgehead atoms. The highest BCUT2D eigenvalue weighted by Crippen LogP contribution is 2.29. The molecule has 2 rings (SSSR count). The van der Waals surface area contributed by atoms with Gasteiger partial charge in [-0.1, -0.05) is 36.9 Å². The standard InChI is InChI=1S/C16H23N3OS/c1-4-8-14-16(21-19-18-14)15(17-5-2)12-9-7-10-13(11-12)20-6-3/h7,9-11,15,17H,4-6,8H2,1-3H3. The minimum atomic E-state index is 0.136. The van der Waals surface area contributed by atoms with Crippen molar-refractivity contribution < 1.29 is 4.74 Å². The molecule has 0 radical (unpaired) electrons. The van der Waals surface area contributed by atoms with Crippen LogP contribution in [0.5, 0.6) is 5.75 Å². The Morgan fingerprint density at radius 3 is 2.86 bits per heavy atom. The van der Waals surface area contributed by atoms with E-state index in [9.17, 15) is 0 Å². The summed E-state index contributed by atoms with van der Waals surface area (Å²) in [5.41, 5.74) is 2.31. The molecular formula is C16H23N3OS. The second kappa shape index (κ2) is 8.10. The van der Waals surface area contributed by atoms with Crippen molar-refractivity contribution in [1.82, 2.24) is 14.9 Å². The zero-order chi connectivity index (χ0) is 15.1. The maximum atomic E-state index is 5.61. The summed E-state index contributed by atoms with van der Waals surface area (Å²) < 4.78 is 9.76. The van der Waals surface area contributed by atoms with Crippen LogP contribution in [-0.4, -0.2) is 22.7 Å². The van der Waals surface area contributed by atoms with Crippen LogP contribution in [0, 0.1) is 0 Å². The van der Waals surface area contributed by atoms with E-state index in [2.05, 4.69) is 40.9 Å². The molecular weight excluding hydrogens is 282 g/mol. The summed E-state index contributed by atoms with van der Waals surface area (Å²) in [6, 6.07) is 8.40. The Morgan fingerprint density at radius 2 is 2.14 bits per heavy atom. The van der Waals surface area contributed by atoms with Crippen molar-refractivity contribution in [3.63, 3.8) is 0 Å². The lowest BCUT2D eigenvalue weighted by Gasteiger charge is -2.18. The van der Waals surface area contributed by atoms with Crippen LogP contribution in [0.4, 0.5) is 0 Å². The molecule has 21 heavy (non-hydrogen) atoms. The molecule has 1 N–H and O–H groups in total. The molecule has 1 aromatic heterocycles. The van der Waals surface area contributed by atoms with Crippen LogP contribution in [0.25, 0.3) is 0 Å². The molecule has 1 heterocycles. The Labute approximate surface area is 130 Å². The summed E-state index contributed by atoms with van der Waals surface area (Å²) in [5.74, 6) is 0.910. The molecule has 0 saturated carbocycles. The van der Waals surface area contributed by atoms with Gasteiger partial charge in [0.15, 0.2) is 0 Å². The van der Waals surface area contributed by atoms with Gasteiger partial charge in [-0.05, 0) is 49.1 Å². The summed E-state index contributed by atoms with van der Waals surface area (Å²) in [6.07, 6.45) is 2.05. The van der Waals surface area contributed by atoms with Crippen LogP contribution in [0.2, 0.25) is 0 Å². The number of nitrogens with zero attached hydrogens (tertiary/aromatic N) is 2. The molecule has 5 heteroatoms. The van der Waals surface area contributed by atoms with Crippen LogP contribution in [0.15, 0.2) is 24.3 Å². The van der Waals surface area contributed by atoms with E-state index in [0.29, 0.717) is 6.61 Å². The largest absolute Gasteiger partial charge is 0.494 e. The number of ether oxygens (including phenoxy) is 1. The molecule has 0 aliphatic heterocycles. The quantitative estimate of drug-likeness (QED) is 0.809. The van der Waals surface area contributed by atoms with Gasteiger partial charge in [0.1, 0.15) is 5.75 Å². The molecule has 0 spiro atoms. The SMILES string of the molecule is CCCc1nnsc1C(NCC)c1cccc(OCC)c1. The number of hydrogen-bond acceptors (Lipinski definition) is 5. The molecule has 1 aromatic carbocycles. The fraction of sp³-hybridized carbons (Fsp3) is 0.500. The van der Waals surface area contributed by atoms with E-state index in [1.165, 1.54) is 22.0 Å². The van der Waals surface area contributed by atoms with E-state index in [-0.39, 0.29) is 6.04 Å². The minimum absolute atomic E-state index is 0.136. The topological polar surface area (TPSA) is 47.0 Å². The summed E-state index contributed by atoms with van der Waals surface area (Å²) in [4.78, 5) is 1.22. The number of benzene rings is 1. The van der Waals surface area contributed by atoms with Crippen molar-refractivity contribution >= 4 is 11.5 Å². The number of nitrogens with one attached hydrogen (secondary N) is 1. The maximum absolute atomic E-state index is 5.61. The summed E-state index contributed by atoms with van der Waals surface area (Å²) in [7, 11) is 0. The van der Waals surface area contributed by atoms with E-state index in [1.807, 2.05) is 19.1 Å². The summed E-state index contributed by atoms with van der Waals surface area (Å²) in [6.45, 7) is 7.86. The van der Waals surface area contributed by atoms with Crippen LogP contribution < -0.4 is 10.1 Å². The zero-order valence-electron chi connectivity index (χ0n) is 12.9. The van der Waals surface area contributed by atoms with Crippen molar-refractivity contribution in [1.29, 1.82) is 0 Å². The van der Waals surface area contributed by atoms with Gasteiger partial charge >= 0.3 is 0 Å². The fourth-order valence-electron chi connectivity index (χ4n) is 2.36. The Kier molecular flexibility index (Phi) is 6.14. The second-order valence-corrected chi connectivity index (χ2v) is 5.62. The van der Waals surface area contributed by atoms with Crippen molar-refractivity contribution in [3.8, 4) is 5.75 Å². The normalized spacial score (nSPS) is 12.3. The average molecular weight is 305 g/mol. The first-order valence-electron chi connectivity index (χ1n) is 7.57. The van der Waals surface area contributed by atoms with Gasteiger partial charge < -0.3 is 10.1 Å². The molecule has 2 aromatic rings. The lowest BCUT2D eigenvalue weighted by atomic mass is 10.0. The van der Waals surface area contributed by atoms with E-state index < -0.39 is 0 Å². The fourth-order valence-corrected chi connectivity index (χ4v) is 3.16. The Hall–Kier alpha value is -1.46. The Bertz CT molecular complexity index is 556. The third kappa shape index (κ3) is 4.02. The lowest BCUT2D eigenvalue weighted by Crippen LogP contribution is -2.22. The molecule has 1 unspecified atom stereocenters. The highest BCUT2D eigenvalue weighted by atomic mass is 32.1. The number of aromatic nitrogens is 2. The second-order valence-electron chi connectivity index (χ2n) is 4.83. The van der Waals surface area contributed by atoms with Crippen LogP contribution in [-0.2, 0) is 6.42 Å². The van der Waals surface area contributed by atoms with Gasteiger partial charge in [-0.2, -0.15) is 0 Å². The first-order chi connectivity index (χ1) is 10.3. The van der Waals surface area contributed by atoms with E-state index in [4.69, 9.17) is 4.74 Å². The maximum Gasteiger partial charge on any atom is 0.119 e. The van der Waals surface area contributed by atoms with E-state index >= 15 is 0 Å². The van der Waals surface area contributed by atoms with Crippen LogP contribution >= 0.6 is 11.5 Å². The predicted octanol–water partition coefficient (Wildman–Crippen LogP) is 3.59. The molecule has 0 amide bonds. The van der Waals surface area contributed by atoms with Gasteiger partial charge in [0.05, 0.1) is 23.2 Å². The minimum Gasteiger partial charge on any atom is -0.494 e. The smallest absolute Gasteiger partial charge is 0.119 e. The monoisotopic (exact) mass is 305 g/mol. The number of hydrogen-bond donors (Lipinski definition) is 1. The van der Waals surface area contributed by atoms with Crippen molar-refractivity contribution in [2.75, 3.05) is 13.2 Å². The predicted molar refractivity (Wildman–Crippen MR) is 87.0 cm³/mol. The van der Waals surface area contributed by atoms with Crippen molar-refractivity contribution in [2.24, 2.45) is 0 Å². The number of rotatable bonds is 8. The number of aryl methyl sites for hydroxylation is 1. The molecule has 1 atom stereocenters. The van der Waals surface area contributed by atoms with E-state index in [0.717, 1.165) is 30.8 Å². The first-order valence-corrected chi connectivity index (χ1v) is 8.34. The van der Waals surface area contributed by atoms with Crippen molar-refractivity contribution in [2.45, 2.75) is 39.7 Å². The zero-order valence-corrected chi connectivity index (χ0v) is 13.7. The van der Waals surface area contributed by atoms with Crippen LogP contribution in [0.3, 0.4) is 0 Å². The lowest BCUT2D eigenvalue weighted by molar-refractivity contribution is 0.339. The molecule has 0 fully saturated rings. The first kappa shape index (κ1) is 15.9. The Morgan fingerprint density at radius 1 is 1.29 bits per heavy atom. The molecule has 0 saturated heterocycles.